The van der Waals surface area contributed by atoms with Gasteiger partial charge in [0.1, 0.15) is 4.88 Å². The molecule has 8 heteroatoms. The molecule has 1 aromatic rings. The van der Waals surface area contributed by atoms with Crippen LogP contribution in [0.2, 0.25) is 0 Å². The molecule has 0 saturated carbocycles. The van der Waals surface area contributed by atoms with E-state index >= 15 is 0 Å². The van der Waals surface area contributed by atoms with E-state index in [1.807, 2.05) is 6.92 Å². The standard InChI is InChI=1S/C10H16N2O4S2/c1-4-5-11-18(14,15)12-8-7(2)6-17-9(8)10(13)16-3/h6,11-12H,4-5H2,1-3H3. The topological polar surface area (TPSA) is 84.5 Å². The van der Waals surface area contributed by atoms with Crippen LogP contribution in [0.5, 0.6) is 0 Å². The SMILES string of the molecule is CCCNS(=O)(=O)Nc1c(C)csc1C(=O)OC. The van der Waals surface area contributed by atoms with E-state index in [1.54, 1.807) is 12.3 Å². The maximum Gasteiger partial charge on any atom is 0.350 e. The van der Waals surface area contributed by atoms with Gasteiger partial charge in [0.05, 0.1) is 12.8 Å². The number of carbonyl (C=O) groups is 1. The van der Waals surface area contributed by atoms with Gasteiger partial charge in [-0.1, -0.05) is 6.92 Å². The molecule has 0 atom stereocenters. The monoisotopic (exact) mass is 292 g/mol. The highest BCUT2D eigenvalue weighted by Gasteiger charge is 2.20. The van der Waals surface area contributed by atoms with Gasteiger partial charge in [-0.05, 0) is 24.3 Å². The van der Waals surface area contributed by atoms with Gasteiger partial charge in [0, 0.05) is 6.54 Å². The Kier molecular flexibility index (Phi) is 5.12. The van der Waals surface area contributed by atoms with Crippen molar-refractivity contribution in [3.63, 3.8) is 0 Å². The summed E-state index contributed by atoms with van der Waals surface area (Å²) in [5.74, 6) is -0.554. The second-order valence-electron chi connectivity index (χ2n) is 3.61. The molecule has 0 radical (unpaired) electrons. The number of nitrogens with one attached hydrogen (secondary N) is 2. The predicted molar refractivity (Wildman–Crippen MR) is 71.2 cm³/mol. The summed E-state index contributed by atoms with van der Waals surface area (Å²) in [7, 11) is -2.40. The summed E-state index contributed by atoms with van der Waals surface area (Å²) in [6.45, 7) is 3.92. The van der Waals surface area contributed by atoms with Crippen LogP contribution in [0.15, 0.2) is 5.38 Å². The molecule has 1 rings (SSSR count). The number of hydrogen-bond donors (Lipinski definition) is 2. The van der Waals surface area contributed by atoms with E-state index in [-0.39, 0.29) is 10.6 Å². The lowest BCUT2D eigenvalue weighted by atomic mass is 10.3. The zero-order chi connectivity index (χ0) is 13.8. The van der Waals surface area contributed by atoms with E-state index < -0.39 is 16.2 Å². The molecule has 102 valence electrons. The van der Waals surface area contributed by atoms with Crippen molar-refractivity contribution in [2.45, 2.75) is 20.3 Å². The average molecular weight is 292 g/mol. The normalized spacial score (nSPS) is 11.3. The van der Waals surface area contributed by atoms with E-state index in [0.717, 1.165) is 11.3 Å². The first-order chi connectivity index (χ1) is 8.41. The van der Waals surface area contributed by atoms with Crippen molar-refractivity contribution in [2.24, 2.45) is 0 Å². The number of hydrogen-bond acceptors (Lipinski definition) is 5. The first-order valence-corrected chi connectivity index (χ1v) is 7.71. The lowest BCUT2D eigenvalue weighted by Gasteiger charge is -2.09. The Balaban J connectivity index is 2.97. The van der Waals surface area contributed by atoms with Crippen LogP contribution in [0, 0.1) is 6.92 Å². The Morgan fingerprint density at radius 2 is 2.17 bits per heavy atom. The molecule has 1 aromatic heterocycles. The minimum Gasteiger partial charge on any atom is -0.465 e. The summed E-state index contributed by atoms with van der Waals surface area (Å²) in [6.07, 6.45) is 0.688. The maximum absolute atomic E-state index is 11.7. The molecule has 1 heterocycles. The van der Waals surface area contributed by atoms with E-state index in [4.69, 9.17) is 0 Å². The molecular formula is C10H16N2O4S2. The van der Waals surface area contributed by atoms with Gasteiger partial charge >= 0.3 is 5.97 Å². The largest absolute Gasteiger partial charge is 0.465 e. The van der Waals surface area contributed by atoms with Gasteiger partial charge in [0.2, 0.25) is 0 Å². The summed E-state index contributed by atoms with van der Waals surface area (Å²) in [5, 5.41) is 1.70. The highest BCUT2D eigenvalue weighted by molar-refractivity contribution is 7.90. The van der Waals surface area contributed by atoms with E-state index in [9.17, 15) is 13.2 Å². The highest BCUT2D eigenvalue weighted by atomic mass is 32.2. The molecule has 0 saturated heterocycles. The molecule has 0 aliphatic rings. The molecule has 2 N–H and O–H groups in total. The predicted octanol–water partition coefficient (Wildman–Crippen LogP) is 1.50. The lowest BCUT2D eigenvalue weighted by Crippen LogP contribution is -2.31. The number of anilines is 1. The first kappa shape index (κ1) is 14.9. The molecule has 0 amide bonds. The van der Waals surface area contributed by atoms with Crippen LogP contribution in [0.3, 0.4) is 0 Å². The maximum atomic E-state index is 11.7. The fraction of sp³-hybridized carbons (Fsp3) is 0.500. The van der Waals surface area contributed by atoms with Crippen molar-refractivity contribution in [3.05, 3.63) is 15.8 Å². The number of methoxy groups -OCH3 is 1. The number of rotatable bonds is 6. The Morgan fingerprint density at radius 1 is 1.50 bits per heavy atom. The number of esters is 1. The van der Waals surface area contributed by atoms with Crippen LogP contribution < -0.4 is 9.44 Å². The van der Waals surface area contributed by atoms with Gasteiger partial charge < -0.3 is 4.74 Å². The van der Waals surface area contributed by atoms with E-state index in [0.29, 0.717) is 18.5 Å². The smallest absolute Gasteiger partial charge is 0.350 e. The van der Waals surface area contributed by atoms with Crippen LogP contribution in [0.1, 0.15) is 28.6 Å². The number of thiophene rings is 1. The molecule has 18 heavy (non-hydrogen) atoms. The highest BCUT2D eigenvalue weighted by Crippen LogP contribution is 2.28. The third-order valence-corrected chi connectivity index (χ3v) is 4.26. The second-order valence-corrected chi connectivity index (χ2v) is 5.99. The molecule has 6 nitrogen and oxygen atoms in total. The summed E-state index contributed by atoms with van der Waals surface area (Å²) in [5.41, 5.74) is 0.956. The van der Waals surface area contributed by atoms with Crippen LogP contribution in [0.4, 0.5) is 5.69 Å². The van der Waals surface area contributed by atoms with Crippen molar-refractivity contribution in [3.8, 4) is 0 Å². The molecule has 0 fully saturated rings. The zero-order valence-electron chi connectivity index (χ0n) is 10.4. The average Bonchev–Trinajstić information content (AvgIpc) is 2.67. The summed E-state index contributed by atoms with van der Waals surface area (Å²) in [6, 6.07) is 0. The third kappa shape index (κ3) is 3.69. The molecular weight excluding hydrogens is 276 g/mol. The molecule has 0 aromatic carbocycles. The van der Waals surface area contributed by atoms with Gasteiger partial charge in [0.15, 0.2) is 0 Å². The van der Waals surface area contributed by atoms with Crippen LogP contribution >= 0.6 is 11.3 Å². The number of ether oxygens (including phenoxy) is 1. The molecule has 0 spiro atoms. The number of carbonyl (C=O) groups excluding carboxylic acids is 1. The Morgan fingerprint density at radius 3 is 2.72 bits per heavy atom. The Labute approximate surface area is 111 Å². The molecule has 0 aliphatic carbocycles. The van der Waals surface area contributed by atoms with Gasteiger partial charge in [-0.15, -0.1) is 11.3 Å². The van der Waals surface area contributed by atoms with Crippen molar-refractivity contribution in [1.82, 2.24) is 4.72 Å². The van der Waals surface area contributed by atoms with Gasteiger partial charge in [0.25, 0.3) is 10.2 Å². The molecule has 0 unspecified atom stereocenters. The minimum atomic E-state index is -3.65. The Bertz CT molecular complexity index is 522. The first-order valence-electron chi connectivity index (χ1n) is 5.35. The van der Waals surface area contributed by atoms with Crippen LogP contribution in [-0.2, 0) is 14.9 Å². The summed E-state index contributed by atoms with van der Waals surface area (Å²) < 4.78 is 32.7. The fourth-order valence-corrected chi connectivity index (χ4v) is 3.28. The zero-order valence-corrected chi connectivity index (χ0v) is 12.1. The minimum absolute atomic E-state index is 0.247. The number of aryl methyl sites for hydroxylation is 1. The second kappa shape index (κ2) is 6.17. The molecule has 0 aliphatic heterocycles. The lowest BCUT2D eigenvalue weighted by molar-refractivity contribution is 0.0607. The fourth-order valence-electron chi connectivity index (χ4n) is 1.22. The van der Waals surface area contributed by atoms with E-state index in [2.05, 4.69) is 14.2 Å². The third-order valence-electron chi connectivity index (χ3n) is 2.12. The summed E-state index contributed by atoms with van der Waals surface area (Å²) in [4.78, 5) is 11.7. The van der Waals surface area contributed by atoms with Crippen molar-refractivity contribution >= 4 is 33.2 Å². The van der Waals surface area contributed by atoms with Crippen LogP contribution in [0.25, 0.3) is 0 Å². The van der Waals surface area contributed by atoms with Crippen molar-refractivity contribution in [1.29, 1.82) is 0 Å². The van der Waals surface area contributed by atoms with Crippen LogP contribution in [-0.4, -0.2) is 28.0 Å². The van der Waals surface area contributed by atoms with E-state index in [1.165, 1.54) is 7.11 Å². The van der Waals surface area contributed by atoms with Gasteiger partial charge in [-0.25, -0.2) is 4.79 Å². The summed E-state index contributed by atoms with van der Waals surface area (Å²) >= 11 is 1.14. The van der Waals surface area contributed by atoms with Crippen molar-refractivity contribution in [2.75, 3.05) is 18.4 Å². The quantitative estimate of drug-likeness (QED) is 0.778. The van der Waals surface area contributed by atoms with Gasteiger partial charge in [-0.2, -0.15) is 13.1 Å². The van der Waals surface area contributed by atoms with Crippen molar-refractivity contribution < 1.29 is 17.9 Å². The Hall–Kier alpha value is -1.12. The molecule has 0 bridgehead atoms. The van der Waals surface area contributed by atoms with Gasteiger partial charge in [-0.3, -0.25) is 4.72 Å².